The number of nitrogens with one attached hydrogen (secondary N) is 3. The van der Waals surface area contributed by atoms with Gasteiger partial charge in [0.15, 0.2) is 5.11 Å². The third kappa shape index (κ3) is 4.30. The number of hydrogen-bond donors (Lipinski definition) is 3. The van der Waals surface area contributed by atoms with Crippen LogP contribution < -0.4 is 16.2 Å². The lowest BCUT2D eigenvalue weighted by molar-refractivity contribution is 0.308. The van der Waals surface area contributed by atoms with Gasteiger partial charge in [-0.05, 0) is 56.5 Å². The molecule has 1 fully saturated rings. The summed E-state index contributed by atoms with van der Waals surface area (Å²) in [4.78, 5) is 14.8. The number of H-pyrrole nitrogens is 1. The third-order valence-electron chi connectivity index (χ3n) is 4.35. The second-order valence-electron chi connectivity index (χ2n) is 6.14. The molecule has 0 radical (unpaired) electrons. The Morgan fingerprint density at radius 3 is 2.76 bits per heavy atom. The maximum atomic E-state index is 12.0. The highest BCUT2D eigenvalue weighted by Crippen LogP contribution is 2.23. The summed E-state index contributed by atoms with van der Waals surface area (Å²) in [5.74, 6) is 0.656. The number of pyridine rings is 1. The van der Waals surface area contributed by atoms with Crippen LogP contribution in [0, 0.1) is 19.8 Å². The molecule has 1 saturated carbocycles. The van der Waals surface area contributed by atoms with Crippen LogP contribution >= 0.6 is 12.2 Å². The van der Waals surface area contributed by atoms with Gasteiger partial charge in [-0.25, -0.2) is 0 Å². The van der Waals surface area contributed by atoms with Crippen molar-refractivity contribution in [1.29, 1.82) is 0 Å². The van der Waals surface area contributed by atoms with Gasteiger partial charge in [-0.3, -0.25) is 4.79 Å². The van der Waals surface area contributed by atoms with E-state index in [2.05, 4.69) is 22.5 Å². The fourth-order valence-electron chi connectivity index (χ4n) is 3.02. The van der Waals surface area contributed by atoms with Gasteiger partial charge in [0.2, 0.25) is 0 Å². The lowest BCUT2D eigenvalue weighted by Crippen LogP contribution is -2.46. The van der Waals surface area contributed by atoms with Crippen LogP contribution in [-0.4, -0.2) is 16.1 Å². The van der Waals surface area contributed by atoms with E-state index in [9.17, 15) is 4.79 Å². The monoisotopic (exact) mass is 307 g/mol. The van der Waals surface area contributed by atoms with Gasteiger partial charge >= 0.3 is 0 Å². The Morgan fingerprint density at radius 1 is 1.38 bits per heavy atom. The quantitative estimate of drug-likeness (QED) is 0.751. The fraction of sp³-hybridized carbons (Fsp3) is 0.625. The van der Waals surface area contributed by atoms with Gasteiger partial charge in [0, 0.05) is 23.8 Å². The topological polar surface area (TPSA) is 56.9 Å². The highest BCUT2D eigenvalue weighted by Gasteiger charge is 2.21. The summed E-state index contributed by atoms with van der Waals surface area (Å²) in [5.41, 5.74) is 2.60. The van der Waals surface area contributed by atoms with E-state index in [1.54, 1.807) is 0 Å². The van der Waals surface area contributed by atoms with Gasteiger partial charge in [-0.1, -0.05) is 19.8 Å². The lowest BCUT2D eigenvalue weighted by atomic mass is 9.86. The molecule has 1 aliphatic rings. The molecule has 2 rings (SSSR count). The normalized spacial score (nSPS) is 21.9. The van der Waals surface area contributed by atoms with Crippen LogP contribution in [0.15, 0.2) is 10.9 Å². The summed E-state index contributed by atoms with van der Waals surface area (Å²) < 4.78 is 0. The second kappa shape index (κ2) is 7.07. The van der Waals surface area contributed by atoms with Crippen molar-refractivity contribution in [3.8, 4) is 0 Å². The minimum Gasteiger partial charge on any atom is -0.360 e. The first-order valence-corrected chi connectivity index (χ1v) is 8.12. The van der Waals surface area contributed by atoms with Gasteiger partial charge in [0.25, 0.3) is 5.56 Å². The van der Waals surface area contributed by atoms with E-state index in [1.165, 1.54) is 25.7 Å². The van der Waals surface area contributed by atoms with Gasteiger partial charge in [-0.15, -0.1) is 0 Å². The molecule has 0 aromatic carbocycles. The molecular weight excluding hydrogens is 282 g/mol. The molecule has 2 atom stereocenters. The van der Waals surface area contributed by atoms with Crippen molar-refractivity contribution in [2.75, 3.05) is 0 Å². The first-order chi connectivity index (χ1) is 9.97. The Balaban J connectivity index is 1.91. The Labute approximate surface area is 131 Å². The second-order valence-corrected chi connectivity index (χ2v) is 6.55. The highest BCUT2D eigenvalue weighted by atomic mass is 32.1. The van der Waals surface area contributed by atoms with E-state index in [4.69, 9.17) is 12.2 Å². The minimum absolute atomic E-state index is 0.0335. The van der Waals surface area contributed by atoms with E-state index in [1.807, 2.05) is 19.9 Å². The highest BCUT2D eigenvalue weighted by molar-refractivity contribution is 7.80. The molecule has 1 aromatic heterocycles. The number of thiocarbonyl (C=S) groups is 1. The molecule has 21 heavy (non-hydrogen) atoms. The van der Waals surface area contributed by atoms with Gasteiger partial charge in [-0.2, -0.15) is 0 Å². The number of rotatable bonds is 3. The smallest absolute Gasteiger partial charge is 0.253 e. The predicted molar refractivity (Wildman–Crippen MR) is 90.5 cm³/mol. The first-order valence-electron chi connectivity index (χ1n) is 7.71. The van der Waals surface area contributed by atoms with E-state index < -0.39 is 0 Å². The Hall–Kier alpha value is -1.36. The molecule has 0 spiro atoms. The number of aryl methyl sites for hydroxylation is 2. The van der Waals surface area contributed by atoms with E-state index >= 15 is 0 Å². The van der Waals surface area contributed by atoms with Gasteiger partial charge in [0.05, 0.1) is 0 Å². The molecular formula is C16H25N3OS. The zero-order valence-electron chi connectivity index (χ0n) is 13.1. The molecule has 1 heterocycles. The van der Waals surface area contributed by atoms with Crippen LogP contribution in [0.25, 0.3) is 0 Å². The van der Waals surface area contributed by atoms with Crippen LogP contribution in [0.3, 0.4) is 0 Å². The predicted octanol–water partition coefficient (Wildman–Crippen LogP) is 2.53. The number of hydrogen-bond acceptors (Lipinski definition) is 2. The van der Waals surface area contributed by atoms with E-state index in [0.29, 0.717) is 23.6 Å². The summed E-state index contributed by atoms with van der Waals surface area (Å²) in [6.45, 7) is 6.59. The van der Waals surface area contributed by atoms with Crippen molar-refractivity contribution in [2.45, 2.75) is 59.0 Å². The minimum atomic E-state index is -0.0335. The summed E-state index contributed by atoms with van der Waals surface area (Å²) in [5, 5.41) is 7.21. The molecule has 0 unspecified atom stereocenters. The number of aromatic amines is 1. The van der Waals surface area contributed by atoms with Crippen molar-refractivity contribution < 1.29 is 0 Å². The van der Waals surface area contributed by atoms with Crippen LogP contribution in [-0.2, 0) is 6.54 Å². The zero-order valence-corrected chi connectivity index (χ0v) is 13.9. The molecule has 1 aromatic rings. The van der Waals surface area contributed by atoms with Crippen molar-refractivity contribution in [1.82, 2.24) is 15.6 Å². The van der Waals surface area contributed by atoms with Crippen LogP contribution in [0.5, 0.6) is 0 Å². The van der Waals surface area contributed by atoms with Gasteiger partial charge in [0.1, 0.15) is 0 Å². The molecule has 0 amide bonds. The average Bonchev–Trinajstić information content (AvgIpc) is 2.40. The van der Waals surface area contributed by atoms with Gasteiger partial charge < -0.3 is 15.6 Å². The van der Waals surface area contributed by atoms with Crippen molar-refractivity contribution in [3.05, 3.63) is 33.2 Å². The lowest BCUT2D eigenvalue weighted by Gasteiger charge is -2.30. The maximum Gasteiger partial charge on any atom is 0.253 e. The first kappa shape index (κ1) is 16.0. The summed E-state index contributed by atoms with van der Waals surface area (Å²) >= 11 is 5.36. The Morgan fingerprint density at radius 2 is 2.10 bits per heavy atom. The summed E-state index contributed by atoms with van der Waals surface area (Å²) in [6.07, 6.45) is 5.02. The SMILES string of the molecule is Cc1cc(C)c(CNC(=S)N[C@@H]2CCCC[C@H]2C)c(=O)[nH]1. The van der Waals surface area contributed by atoms with Crippen LogP contribution in [0.2, 0.25) is 0 Å². The fourth-order valence-corrected chi connectivity index (χ4v) is 3.24. The summed E-state index contributed by atoms with van der Waals surface area (Å²) in [6, 6.07) is 2.44. The van der Waals surface area contributed by atoms with Crippen LogP contribution in [0.1, 0.15) is 49.4 Å². The van der Waals surface area contributed by atoms with Crippen LogP contribution in [0.4, 0.5) is 0 Å². The van der Waals surface area contributed by atoms with Crippen molar-refractivity contribution in [2.24, 2.45) is 5.92 Å². The average molecular weight is 307 g/mol. The maximum absolute atomic E-state index is 12.0. The third-order valence-corrected chi connectivity index (χ3v) is 4.61. The Kier molecular flexibility index (Phi) is 5.39. The Bertz CT molecular complexity index is 567. The van der Waals surface area contributed by atoms with E-state index in [0.717, 1.165) is 16.8 Å². The standard InChI is InChI=1S/C16H25N3OS/c1-10-6-4-5-7-14(10)19-16(21)17-9-13-11(2)8-12(3)18-15(13)20/h8,10,14H,4-7,9H2,1-3H3,(H,18,20)(H2,17,19,21)/t10-,14-/m1/s1. The molecule has 0 bridgehead atoms. The zero-order chi connectivity index (χ0) is 15.4. The summed E-state index contributed by atoms with van der Waals surface area (Å²) in [7, 11) is 0. The molecule has 3 N–H and O–H groups in total. The van der Waals surface area contributed by atoms with Crippen molar-refractivity contribution >= 4 is 17.3 Å². The molecule has 5 heteroatoms. The molecule has 116 valence electrons. The number of aromatic nitrogens is 1. The largest absolute Gasteiger partial charge is 0.360 e. The van der Waals surface area contributed by atoms with Crippen molar-refractivity contribution in [3.63, 3.8) is 0 Å². The molecule has 0 saturated heterocycles. The molecule has 0 aliphatic heterocycles. The molecule has 4 nitrogen and oxygen atoms in total. The van der Waals surface area contributed by atoms with E-state index in [-0.39, 0.29) is 5.56 Å². The molecule has 1 aliphatic carbocycles.